The summed E-state index contributed by atoms with van der Waals surface area (Å²) < 4.78 is 5.92. The van der Waals surface area contributed by atoms with E-state index in [-0.39, 0.29) is 12.3 Å². The number of amidine groups is 1. The standard InChI is InChI=1S/C15H27N5O3/c1-3-4-9-23-19-10-17-13(16)12-15(19)18-14(20(12)21-2)11-7-5-6-8-22-11/h11,14,18H,3-10H2,1-2H3,(H2,16,17). The minimum atomic E-state index is -0.116. The Morgan fingerprint density at radius 2 is 2.30 bits per heavy atom. The monoisotopic (exact) mass is 325 g/mol. The van der Waals surface area contributed by atoms with Crippen LogP contribution in [0.4, 0.5) is 0 Å². The molecule has 1 fully saturated rings. The molecular weight excluding hydrogens is 298 g/mol. The summed E-state index contributed by atoms with van der Waals surface area (Å²) in [6, 6.07) is 0. The van der Waals surface area contributed by atoms with Crippen molar-refractivity contribution in [2.24, 2.45) is 10.7 Å². The molecule has 130 valence electrons. The number of nitrogens with zero attached hydrogens (tertiary/aromatic N) is 3. The van der Waals surface area contributed by atoms with Crippen LogP contribution in [0.15, 0.2) is 16.5 Å². The molecule has 0 radical (unpaired) electrons. The van der Waals surface area contributed by atoms with Gasteiger partial charge in [-0.25, -0.2) is 15.1 Å². The van der Waals surface area contributed by atoms with Crippen LogP contribution in [0.3, 0.4) is 0 Å². The van der Waals surface area contributed by atoms with Crippen molar-refractivity contribution in [1.82, 2.24) is 15.4 Å². The molecule has 3 heterocycles. The van der Waals surface area contributed by atoms with Gasteiger partial charge in [-0.05, 0) is 25.7 Å². The second-order valence-corrected chi connectivity index (χ2v) is 5.95. The zero-order valence-corrected chi connectivity index (χ0v) is 14.0. The van der Waals surface area contributed by atoms with Crippen LogP contribution in [-0.2, 0) is 14.4 Å². The van der Waals surface area contributed by atoms with Crippen LogP contribution < -0.4 is 11.1 Å². The van der Waals surface area contributed by atoms with Crippen molar-refractivity contribution in [1.29, 1.82) is 0 Å². The number of ether oxygens (including phenoxy) is 1. The molecule has 0 saturated carbocycles. The van der Waals surface area contributed by atoms with Crippen LogP contribution in [-0.4, -0.2) is 55.2 Å². The Morgan fingerprint density at radius 1 is 1.43 bits per heavy atom. The molecule has 8 nitrogen and oxygen atoms in total. The molecule has 0 bridgehead atoms. The topological polar surface area (TPSA) is 84.6 Å². The molecule has 23 heavy (non-hydrogen) atoms. The van der Waals surface area contributed by atoms with Gasteiger partial charge in [-0.2, -0.15) is 0 Å². The summed E-state index contributed by atoms with van der Waals surface area (Å²) in [5.41, 5.74) is 6.83. The van der Waals surface area contributed by atoms with E-state index >= 15 is 0 Å². The summed E-state index contributed by atoms with van der Waals surface area (Å²) in [7, 11) is 1.64. The quantitative estimate of drug-likeness (QED) is 0.701. The second-order valence-electron chi connectivity index (χ2n) is 5.95. The van der Waals surface area contributed by atoms with Crippen molar-refractivity contribution >= 4 is 5.84 Å². The van der Waals surface area contributed by atoms with Crippen molar-refractivity contribution in [2.75, 3.05) is 27.0 Å². The van der Waals surface area contributed by atoms with Crippen molar-refractivity contribution in [3.05, 3.63) is 11.5 Å². The van der Waals surface area contributed by atoms with Gasteiger partial charge < -0.3 is 15.8 Å². The fraction of sp³-hybridized carbons (Fsp3) is 0.800. The maximum atomic E-state index is 6.10. The van der Waals surface area contributed by atoms with Gasteiger partial charge in [0.15, 0.2) is 23.5 Å². The highest BCUT2D eigenvalue weighted by molar-refractivity contribution is 5.97. The van der Waals surface area contributed by atoms with Gasteiger partial charge in [0, 0.05) is 6.61 Å². The molecular formula is C15H27N5O3. The van der Waals surface area contributed by atoms with Crippen LogP contribution >= 0.6 is 0 Å². The Hall–Kier alpha value is -1.51. The third-order valence-corrected chi connectivity index (χ3v) is 4.35. The average Bonchev–Trinajstić information content (AvgIpc) is 2.98. The van der Waals surface area contributed by atoms with E-state index in [0.717, 1.165) is 50.2 Å². The van der Waals surface area contributed by atoms with Gasteiger partial charge in [0.25, 0.3) is 0 Å². The van der Waals surface area contributed by atoms with Crippen LogP contribution in [0.1, 0.15) is 39.0 Å². The molecule has 3 aliphatic heterocycles. The van der Waals surface area contributed by atoms with E-state index in [1.807, 2.05) is 0 Å². The van der Waals surface area contributed by atoms with Crippen LogP contribution in [0, 0.1) is 0 Å². The fourth-order valence-corrected chi connectivity index (χ4v) is 3.11. The molecule has 0 aliphatic carbocycles. The Balaban J connectivity index is 1.76. The number of hydrogen-bond acceptors (Lipinski definition) is 8. The maximum Gasteiger partial charge on any atom is 0.160 e. The number of unbranched alkanes of at least 4 members (excludes halogenated alkanes) is 1. The van der Waals surface area contributed by atoms with Crippen LogP contribution in [0.2, 0.25) is 0 Å². The minimum Gasteiger partial charge on any atom is -0.382 e. The van der Waals surface area contributed by atoms with E-state index in [9.17, 15) is 0 Å². The number of rotatable bonds is 6. The first-order valence-electron chi connectivity index (χ1n) is 8.42. The molecule has 3 N–H and O–H groups in total. The van der Waals surface area contributed by atoms with Crippen molar-refractivity contribution in [3.63, 3.8) is 0 Å². The Morgan fingerprint density at radius 3 is 3.00 bits per heavy atom. The zero-order chi connectivity index (χ0) is 16.2. The van der Waals surface area contributed by atoms with Gasteiger partial charge in [-0.1, -0.05) is 13.3 Å². The minimum absolute atomic E-state index is 0.0552. The maximum absolute atomic E-state index is 6.10. The lowest BCUT2D eigenvalue weighted by molar-refractivity contribution is -0.165. The second kappa shape index (κ2) is 7.37. The smallest absolute Gasteiger partial charge is 0.160 e. The molecule has 0 aromatic carbocycles. The molecule has 0 aromatic heterocycles. The lowest BCUT2D eigenvalue weighted by Gasteiger charge is -2.34. The van der Waals surface area contributed by atoms with Gasteiger partial charge in [0.05, 0.1) is 19.8 Å². The van der Waals surface area contributed by atoms with Crippen LogP contribution in [0.5, 0.6) is 0 Å². The SMILES string of the molecule is CCCCON1CN=C(N)C2=C1NC(C1CCCCO1)N2OC. The lowest BCUT2D eigenvalue weighted by atomic mass is 10.1. The highest BCUT2D eigenvalue weighted by Gasteiger charge is 2.43. The highest BCUT2D eigenvalue weighted by Crippen LogP contribution is 2.31. The van der Waals surface area contributed by atoms with Crippen molar-refractivity contribution < 1.29 is 14.4 Å². The zero-order valence-electron chi connectivity index (χ0n) is 14.0. The first-order valence-corrected chi connectivity index (χ1v) is 8.42. The first-order chi connectivity index (χ1) is 11.3. The molecule has 2 atom stereocenters. The lowest BCUT2D eigenvalue weighted by Crippen LogP contribution is -2.49. The molecule has 3 aliphatic rings. The number of nitrogens with two attached hydrogens (primary N) is 1. The molecule has 3 rings (SSSR count). The fourth-order valence-electron chi connectivity index (χ4n) is 3.11. The molecule has 8 heteroatoms. The summed E-state index contributed by atoms with van der Waals surface area (Å²) in [6.45, 7) is 3.96. The third kappa shape index (κ3) is 3.24. The van der Waals surface area contributed by atoms with Gasteiger partial charge >= 0.3 is 0 Å². The molecule has 0 spiro atoms. The van der Waals surface area contributed by atoms with Gasteiger partial charge in [-0.15, -0.1) is 0 Å². The highest BCUT2D eigenvalue weighted by atomic mass is 16.7. The Labute approximate surface area is 137 Å². The van der Waals surface area contributed by atoms with E-state index in [0.29, 0.717) is 19.1 Å². The number of aliphatic imine (C=N–C) groups is 1. The average molecular weight is 325 g/mol. The van der Waals surface area contributed by atoms with E-state index in [2.05, 4.69) is 17.2 Å². The van der Waals surface area contributed by atoms with E-state index in [1.165, 1.54) is 0 Å². The summed E-state index contributed by atoms with van der Waals surface area (Å²) in [5.74, 6) is 1.28. The molecule has 0 aromatic rings. The normalized spacial score (nSPS) is 27.8. The predicted molar refractivity (Wildman–Crippen MR) is 85.6 cm³/mol. The van der Waals surface area contributed by atoms with Crippen molar-refractivity contribution in [2.45, 2.75) is 51.3 Å². The molecule has 0 amide bonds. The molecule has 1 saturated heterocycles. The molecule has 2 unspecified atom stereocenters. The van der Waals surface area contributed by atoms with Gasteiger partial charge in [0.2, 0.25) is 0 Å². The predicted octanol–water partition coefficient (Wildman–Crippen LogP) is 0.879. The van der Waals surface area contributed by atoms with Crippen LogP contribution in [0.25, 0.3) is 0 Å². The van der Waals surface area contributed by atoms with E-state index in [1.54, 1.807) is 17.2 Å². The summed E-state index contributed by atoms with van der Waals surface area (Å²) in [6.07, 6.45) is 5.29. The summed E-state index contributed by atoms with van der Waals surface area (Å²) in [5, 5.41) is 6.99. The third-order valence-electron chi connectivity index (χ3n) is 4.35. The van der Waals surface area contributed by atoms with Crippen molar-refractivity contribution in [3.8, 4) is 0 Å². The number of nitrogens with one attached hydrogen (secondary N) is 1. The summed E-state index contributed by atoms with van der Waals surface area (Å²) in [4.78, 5) is 15.8. The van der Waals surface area contributed by atoms with Gasteiger partial charge in [0.1, 0.15) is 6.67 Å². The largest absolute Gasteiger partial charge is 0.382 e. The van der Waals surface area contributed by atoms with E-state index < -0.39 is 0 Å². The number of hydroxylamine groups is 4. The first kappa shape index (κ1) is 16.4. The Bertz CT molecular complexity index is 476. The number of hydrogen-bond donors (Lipinski definition) is 2. The van der Waals surface area contributed by atoms with Gasteiger partial charge in [-0.3, -0.25) is 9.68 Å². The van der Waals surface area contributed by atoms with E-state index in [4.69, 9.17) is 20.1 Å². The summed E-state index contributed by atoms with van der Waals surface area (Å²) >= 11 is 0. The Kier molecular flexibility index (Phi) is 5.24.